The van der Waals surface area contributed by atoms with Crippen LogP contribution in [0.1, 0.15) is 79.7 Å². The third kappa shape index (κ3) is 9.57. The number of hydrogen-bond acceptors (Lipinski definition) is 11. The molecule has 9 atom stereocenters. The van der Waals surface area contributed by atoms with E-state index in [2.05, 4.69) is 20.1 Å². The summed E-state index contributed by atoms with van der Waals surface area (Å²) in [7, 11) is 1.44. The van der Waals surface area contributed by atoms with Crippen LogP contribution in [0.4, 0.5) is 0 Å². The van der Waals surface area contributed by atoms with E-state index in [0.717, 1.165) is 5.57 Å². The quantitative estimate of drug-likeness (QED) is 0.0765. The second-order valence-corrected chi connectivity index (χ2v) is 14.6. The summed E-state index contributed by atoms with van der Waals surface area (Å²) in [5.74, 6) is -2.38. The molecule has 1 aliphatic heterocycles. The van der Waals surface area contributed by atoms with E-state index < -0.39 is 65.5 Å². The monoisotopic (exact) mass is 712 g/mol. The highest BCUT2D eigenvalue weighted by Gasteiger charge is 2.74. The van der Waals surface area contributed by atoms with Crippen LogP contribution in [0.15, 0.2) is 66.8 Å². The van der Waals surface area contributed by atoms with E-state index in [1.165, 1.54) is 32.2 Å². The Hall–Kier alpha value is -3.77. The van der Waals surface area contributed by atoms with Gasteiger partial charge in [0.05, 0.1) is 5.41 Å². The second kappa shape index (κ2) is 17.6. The molecule has 2 fully saturated rings. The van der Waals surface area contributed by atoms with Gasteiger partial charge in [0.25, 0.3) is 0 Å². The van der Waals surface area contributed by atoms with Crippen molar-refractivity contribution in [3.8, 4) is 5.75 Å². The molecule has 1 spiro atoms. The van der Waals surface area contributed by atoms with Crippen LogP contribution in [0.25, 0.3) is 6.08 Å². The predicted molar refractivity (Wildman–Crippen MR) is 192 cm³/mol. The average Bonchev–Trinajstić information content (AvgIpc) is 3.36. The molecule has 282 valence electrons. The molecule has 11 heteroatoms. The first-order valence-corrected chi connectivity index (χ1v) is 17.5. The fraction of sp³-hybridized carbons (Fsp3) is 0.575. The van der Waals surface area contributed by atoms with E-state index in [1.807, 2.05) is 20.8 Å². The van der Waals surface area contributed by atoms with Crippen molar-refractivity contribution in [1.82, 2.24) is 0 Å². The number of esters is 3. The Morgan fingerprint density at radius 3 is 2.27 bits per heavy atom. The highest BCUT2D eigenvalue weighted by atomic mass is 16.8. The normalized spacial score (nSPS) is 31.1. The summed E-state index contributed by atoms with van der Waals surface area (Å²) in [6, 6.07) is 6.31. The lowest BCUT2D eigenvalue weighted by Crippen LogP contribution is -2.68. The highest BCUT2D eigenvalue weighted by molar-refractivity contribution is 5.87. The number of carbonyl (C=O) groups excluding carboxylic acids is 3. The highest BCUT2D eigenvalue weighted by Crippen LogP contribution is 2.67. The van der Waals surface area contributed by atoms with Gasteiger partial charge in [-0.05, 0) is 80.2 Å². The molecular formula is C40H56O11. The Kier molecular flexibility index (Phi) is 14.4. The smallest absolute Gasteiger partial charge is 0.331 e. The third-order valence-corrected chi connectivity index (χ3v) is 10.1. The molecule has 0 unspecified atom stereocenters. The summed E-state index contributed by atoms with van der Waals surface area (Å²) >= 11 is 0. The van der Waals surface area contributed by atoms with Crippen LogP contribution >= 0.6 is 0 Å². The molecule has 11 nitrogen and oxygen atoms in total. The number of hydrogen-bond donors (Lipinski definition) is 3. The number of allylic oxidation sites excluding steroid dienone is 2. The lowest BCUT2D eigenvalue weighted by atomic mass is 9.44. The van der Waals surface area contributed by atoms with E-state index in [1.54, 1.807) is 44.2 Å². The van der Waals surface area contributed by atoms with E-state index in [9.17, 15) is 24.6 Å². The minimum atomic E-state index is -1.41. The average molecular weight is 713 g/mol. The summed E-state index contributed by atoms with van der Waals surface area (Å²) in [5, 5.41) is 30.1. The molecule has 3 N–H and O–H groups in total. The lowest BCUT2D eigenvalue weighted by Gasteiger charge is -2.62. The Labute approximate surface area is 302 Å². The number of aromatic hydroxyl groups is 1. The molecule has 1 saturated heterocycles. The molecular weight excluding hydrogens is 656 g/mol. The van der Waals surface area contributed by atoms with E-state index in [0.29, 0.717) is 30.4 Å². The Balaban J connectivity index is 0.00000166. The number of methoxy groups -OCH3 is 1. The molecule has 1 aromatic carbocycles. The molecule has 3 aliphatic rings. The van der Waals surface area contributed by atoms with Gasteiger partial charge in [0.1, 0.15) is 24.1 Å². The number of aliphatic hydroxyl groups is 2. The van der Waals surface area contributed by atoms with Crippen LogP contribution in [-0.2, 0) is 38.1 Å². The molecule has 1 heterocycles. The Bertz CT molecular complexity index is 1460. The van der Waals surface area contributed by atoms with Crippen LogP contribution in [0.5, 0.6) is 5.75 Å². The molecule has 4 rings (SSSR count). The number of ether oxygens (including phenoxy) is 5. The summed E-state index contributed by atoms with van der Waals surface area (Å²) in [6.45, 7) is 20.5. The maximum atomic E-state index is 13.3. The maximum absolute atomic E-state index is 13.3. The standard InChI is InChI=1S/C37H48O10.C3H8O/c1-9-22(4)16-17-36(7)23(5)32(46-30(40)15-12-25-10-13-26(39)14-11-25)33(42)37-28(34(43-8)47-35(37)44-24(6)38)19-27(20-29(36)37)45-31(41)18-21(2)3;1-3(2)4/h9-15,19,21,23,27,29,32-35,39,42H,1,4,16-18,20H2,2-3,5-8H3;3-4H,1-2H3/b15-12+;/t23-,27+,29+,32-,33+,34-,35-,36-,37-;/m1./s1. The first kappa shape index (κ1) is 41.6. The van der Waals surface area contributed by atoms with Gasteiger partial charge in [0.15, 0.2) is 6.29 Å². The van der Waals surface area contributed by atoms with E-state index >= 15 is 0 Å². The van der Waals surface area contributed by atoms with Gasteiger partial charge in [0.2, 0.25) is 6.29 Å². The fourth-order valence-corrected chi connectivity index (χ4v) is 7.61. The van der Waals surface area contributed by atoms with Gasteiger partial charge in [0, 0.05) is 44.1 Å². The maximum Gasteiger partial charge on any atom is 0.331 e. The molecule has 0 radical (unpaired) electrons. The van der Waals surface area contributed by atoms with Crippen molar-refractivity contribution in [3.63, 3.8) is 0 Å². The lowest BCUT2D eigenvalue weighted by molar-refractivity contribution is -0.276. The van der Waals surface area contributed by atoms with Crippen molar-refractivity contribution in [2.75, 3.05) is 7.11 Å². The minimum absolute atomic E-state index is 0.0953. The van der Waals surface area contributed by atoms with Gasteiger partial charge in [-0.15, -0.1) is 0 Å². The van der Waals surface area contributed by atoms with Crippen LogP contribution < -0.4 is 0 Å². The van der Waals surface area contributed by atoms with Crippen molar-refractivity contribution in [2.24, 2.45) is 28.6 Å². The number of aliphatic hydroxyl groups excluding tert-OH is 2. The zero-order valence-corrected chi connectivity index (χ0v) is 31.2. The van der Waals surface area contributed by atoms with Gasteiger partial charge in [-0.3, -0.25) is 9.59 Å². The van der Waals surface area contributed by atoms with Crippen molar-refractivity contribution in [1.29, 1.82) is 0 Å². The van der Waals surface area contributed by atoms with Crippen LogP contribution in [0.2, 0.25) is 0 Å². The number of carbonyl (C=O) groups is 3. The van der Waals surface area contributed by atoms with Gasteiger partial charge in [-0.1, -0.05) is 64.6 Å². The molecule has 0 bridgehead atoms. The largest absolute Gasteiger partial charge is 0.508 e. The molecule has 1 aromatic rings. The van der Waals surface area contributed by atoms with Gasteiger partial charge < -0.3 is 39.0 Å². The first-order valence-electron chi connectivity index (χ1n) is 17.5. The van der Waals surface area contributed by atoms with Crippen molar-refractivity contribution in [3.05, 3.63) is 72.4 Å². The Morgan fingerprint density at radius 2 is 1.73 bits per heavy atom. The van der Waals surface area contributed by atoms with Crippen molar-refractivity contribution < 1.29 is 53.4 Å². The molecule has 0 aromatic heterocycles. The zero-order valence-electron chi connectivity index (χ0n) is 31.2. The van der Waals surface area contributed by atoms with Crippen molar-refractivity contribution in [2.45, 2.75) is 111 Å². The van der Waals surface area contributed by atoms with Gasteiger partial charge >= 0.3 is 17.9 Å². The summed E-state index contributed by atoms with van der Waals surface area (Å²) in [4.78, 5) is 38.7. The van der Waals surface area contributed by atoms with Crippen LogP contribution in [0.3, 0.4) is 0 Å². The number of phenolic OH excluding ortho intramolecular Hbond substituents is 1. The van der Waals surface area contributed by atoms with Crippen LogP contribution in [-0.4, -0.2) is 77.3 Å². The summed E-state index contributed by atoms with van der Waals surface area (Å²) < 4.78 is 29.8. The Morgan fingerprint density at radius 1 is 1.10 bits per heavy atom. The molecule has 2 aliphatic carbocycles. The SMILES string of the molecule is C=CC(=C)CC[C@]1(C)[C@H](C)[C@@H](OC(=O)/C=C/c2ccc(O)cc2)[C@H](O)[C@@]23C(=C[C@H](OC(=O)CC(C)C)C[C@@H]12)[C@H](OC)O[C@H]3OC(C)=O.CC(C)O. The third-order valence-electron chi connectivity index (χ3n) is 10.1. The second-order valence-electron chi connectivity index (χ2n) is 14.6. The molecule has 51 heavy (non-hydrogen) atoms. The van der Waals surface area contributed by atoms with E-state index in [4.69, 9.17) is 28.8 Å². The van der Waals surface area contributed by atoms with Gasteiger partial charge in [-0.2, -0.15) is 0 Å². The predicted octanol–water partition coefficient (Wildman–Crippen LogP) is 6.03. The molecule has 0 amide bonds. The summed E-state index contributed by atoms with van der Waals surface area (Å²) in [6.07, 6.45) is 2.26. The number of benzene rings is 1. The summed E-state index contributed by atoms with van der Waals surface area (Å²) in [5.41, 5.74) is -0.164. The first-order chi connectivity index (χ1) is 23.9. The van der Waals surface area contributed by atoms with Crippen LogP contribution in [0, 0.1) is 28.6 Å². The topological polar surface area (TPSA) is 158 Å². The number of rotatable bonds is 12. The number of phenols is 1. The fourth-order valence-electron chi connectivity index (χ4n) is 7.61. The minimum Gasteiger partial charge on any atom is -0.508 e. The van der Waals surface area contributed by atoms with Crippen molar-refractivity contribution >= 4 is 24.0 Å². The zero-order chi connectivity index (χ0) is 38.3. The molecule has 1 saturated carbocycles. The van der Waals surface area contributed by atoms with Gasteiger partial charge in [-0.25, -0.2) is 4.79 Å². The van der Waals surface area contributed by atoms with E-state index in [-0.39, 0.29) is 30.2 Å².